The lowest BCUT2D eigenvalue weighted by Crippen LogP contribution is -2.18. The molecule has 1 atom stereocenters. The van der Waals surface area contributed by atoms with Crippen LogP contribution in [0.25, 0.3) is 0 Å². The van der Waals surface area contributed by atoms with Gasteiger partial charge in [-0.1, -0.05) is 13.8 Å². The lowest BCUT2D eigenvalue weighted by molar-refractivity contribution is -0.141. The second-order valence-electron chi connectivity index (χ2n) is 4.70. The van der Waals surface area contributed by atoms with Crippen molar-refractivity contribution in [2.45, 2.75) is 38.4 Å². The summed E-state index contributed by atoms with van der Waals surface area (Å²) < 4.78 is 39.5. The van der Waals surface area contributed by atoms with Gasteiger partial charge >= 0.3 is 6.18 Å². The van der Waals surface area contributed by atoms with E-state index in [0.29, 0.717) is 12.2 Å². The first kappa shape index (κ1) is 12.4. The third-order valence-electron chi connectivity index (χ3n) is 3.03. The highest BCUT2D eigenvalue weighted by Crippen LogP contribution is 2.32. The molecule has 1 fully saturated rings. The highest BCUT2D eigenvalue weighted by Gasteiger charge is 2.36. The van der Waals surface area contributed by atoms with Gasteiger partial charge in [0.15, 0.2) is 5.69 Å². The standard InChI is InChI=1S/C11H16F3N3/c1-7(2)9-5-10(11(12,13)14)16-17(9)8-3-4-15-6-8/h5,7-8,15H,3-4,6H2,1-2H3. The molecular weight excluding hydrogens is 231 g/mol. The maximum atomic E-state index is 12.6. The van der Waals surface area contributed by atoms with Crippen molar-refractivity contribution in [2.75, 3.05) is 13.1 Å². The first-order valence-electron chi connectivity index (χ1n) is 5.77. The van der Waals surface area contributed by atoms with Crippen molar-refractivity contribution in [3.05, 3.63) is 17.5 Å². The van der Waals surface area contributed by atoms with Gasteiger partial charge in [-0.15, -0.1) is 0 Å². The molecule has 2 rings (SSSR count). The number of halogens is 3. The average Bonchev–Trinajstić information content (AvgIpc) is 2.85. The molecule has 1 unspecified atom stereocenters. The van der Waals surface area contributed by atoms with Gasteiger partial charge in [-0.05, 0) is 24.9 Å². The van der Waals surface area contributed by atoms with Crippen LogP contribution in [0.2, 0.25) is 0 Å². The summed E-state index contributed by atoms with van der Waals surface area (Å²) in [4.78, 5) is 0. The molecule has 1 aromatic rings. The third-order valence-corrected chi connectivity index (χ3v) is 3.03. The molecule has 0 aliphatic carbocycles. The fourth-order valence-electron chi connectivity index (χ4n) is 2.12. The van der Waals surface area contributed by atoms with Gasteiger partial charge in [-0.25, -0.2) is 0 Å². The molecule has 0 radical (unpaired) electrons. The number of aromatic nitrogens is 2. The summed E-state index contributed by atoms with van der Waals surface area (Å²) in [6.45, 7) is 5.30. The van der Waals surface area contributed by atoms with Gasteiger partial charge in [0.05, 0.1) is 6.04 Å². The van der Waals surface area contributed by atoms with Crippen molar-refractivity contribution in [3.8, 4) is 0 Å². The maximum Gasteiger partial charge on any atom is 0.435 e. The summed E-state index contributed by atoms with van der Waals surface area (Å²) in [7, 11) is 0. The predicted molar refractivity (Wildman–Crippen MR) is 57.8 cm³/mol. The molecule has 2 heterocycles. The van der Waals surface area contributed by atoms with Gasteiger partial charge in [0.1, 0.15) is 0 Å². The number of hydrogen-bond donors (Lipinski definition) is 1. The minimum Gasteiger partial charge on any atom is -0.315 e. The van der Waals surface area contributed by atoms with E-state index in [1.165, 1.54) is 6.07 Å². The number of nitrogens with one attached hydrogen (secondary N) is 1. The molecule has 3 nitrogen and oxygen atoms in total. The van der Waals surface area contributed by atoms with Crippen LogP contribution in [0.3, 0.4) is 0 Å². The quantitative estimate of drug-likeness (QED) is 0.870. The molecule has 0 aromatic carbocycles. The first-order valence-corrected chi connectivity index (χ1v) is 5.77. The number of nitrogens with zero attached hydrogens (tertiary/aromatic N) is 2. The van der Waals surface area contributed by atoms with Crippen LogP contribution in [0.15, 0.2) is 6.07 Å². The molecule has 0 bridgehead atoms. The monoisotopic (exact) mass is 247 g/mol. The van der Waals surface area contributed by atoms with E-state index in [1.54, 1.807) is 4.68 Å². The predicted octanol–water partition coefficient (Wildman–Crippen LogP) is 2.56. The Morgan fingerprint density at radius 2 is 2.18 bits per heavy atom. The summed E-state index contributed by atoms with van der Waals surface area (Å²) in [5.41, 5.74) is -0.126. The fraction of sp³-hybridized carbons (Fsp3) is 0.727. The van der Waals surface area contributed by atoms with Crippen molar-refractivity contribution in [3.63, 3.8) is 0 Å². The van der Waals surface area contributed by atoms with Crippen molar-refractivity contribution < 1.29 is 13.2 Å². The lowest BCUT2D eigenvalue weighted by Gasteiger charge is -2.15. The second kappa shape index (κ2) is 4.33. The SMILES string of the molecule is CC(C)c1cc(C(F)(F)F)nn1C1CCNC1. The van der Waals surface area contributed by atoms with Gasteiger partial charge in [0.2, 0.25) is 0 Å². The zero-order chi connectivity index (χ0) is 12.6. The Hall–Kier alpha value is -1.04. The van der Waals surface area contributed by atoms with E-state index in [0.717, 1.165) is 13.0 Å². The zero-order valence-electron chi connectivity index (χ0n) is 9.88. The normalized spacial score (nSPS) is 21.4. The van der Waals surface area contributed by atoms with Gasteiger partial charge in [0.25, 0.3) is 0 Å². The molecule has 1 aromatic heterocycles. The highest BCUT2D eigenvalue weighted by atomic mass is 19.4. The van der Waals surface area contributed by atoms with E-state index in [9.17, 15) is 13.2 Å². The molecular formula is C11H16F3N3. The molecule has 1 saturated heterocycles. The van der Waals surface area contributed by atoms with Crippen LogP contribution < -0.4 is 5.32 Å². The number of alkyl halides is 3. The Bertz CT molecular complexity index is 389. The van der Waals surface area contributed by atoms with E-state index < -0.39 is 11.9 Å². The van der Waals surface area contributed by atoms with Gasteiger partial charge in [-0.3, -0.25) is 4.68 Å². The van der Waals surface area contributed by atoms with Gasteiger partial charge < -0.3 is 5.32 Å². The van der Waals surface area contributed by atoms with E-state index in [-0.39, 0.29) is 12.0 Å². The zero-order valence-corrected chi connectivity index (χ0v) is 9.88. The van der Waals surface area contributed by atoms with E-state index >= 15 is 0 Å². The lowest BCUT2D eigenvalue weighted by atomic mass is 10.1. The van der Waals surface area contributed by atoms with Crippen LogP contribution in [0.1, 0.15) is 43.6 Å². The molecule has 6 heteroatoms. The smallest absolute Gasteiger partial charge is 0.315 e. The Morgan fingerprint density at radius 3 is 2.65 bits per heavy atom. The molecule has 0 spiro atoms. The summed E-state index contributed by atoms with van der Waals surface area (Å²) in [5.74, 6) is 0.0409. The van der Waals surface area contributed by atoms with E-state index in [2.05, 4.69) is 10.4 Å². The second-order valence-corrected chi connectivity index (χ2v) is 4.70. The summed E-state index contributed by atoms with van der Waals surface area (Å²) >= 11 is 0. The van der Waals surface area contributed by atoms with Crippen LogP contribution in [-0.2, 0) is 6.18 Å². The molecule has 96 valence electrons. The molecule has 0 saturated carbocycles. The van der Waals surface area contributed by atoms with E-state index in [1.807, 2.05) is 13.8 Å². The third kappa shape index (κ3) is 2.46. The molecule has 0 amide bonds. The van der Waals surface area contributed by atoms with Gasteiger partial charge in [-0.2, -0.15) is 18.3 Å². The van der Waals surface area contributed by atoms with Crippen LogP contribution in [-0.4, -0.2) is 22.9 Å². The summed E-state index contributed by atoms with van der Waals surface area (Å²) in [6, 6.07) is 1.21. The van der Waals surface area contributed by atoms with Crippen molar-refractivity contribution in [1.82, 2.24) is 15.1 Å². The van der Waals surface area contributed by atoms with Crippen molar-refractivity contribution in [2.24, 2.45) is 0 Å². The van der Waals surface area contributed by atoms with Crippen LogP contribution >= 0.6 is 0 Å². The largest absolute Gasteiger partial charge is 0.435 e. The fourth-order valence-corrected chi connectivity index (χ4v) is 2.12. The highest BCUT2D eigenvalue weighted by molar-refractivity contribution is 5.17. The molecule has 17 heavy (non-hydrogen) atoms. The Balaban J connectivity index is 2.38. The molecule has 1 N–H and O–H groups in total. The minimum absolute atomic E-state index is 0.0409. The van der Waals surface area contributed by atoms with Crippen LogP contribution in [0.4, 0.5) is 13.2 Å². The first-order chi connectivity index (χ1) is 7.89. The number of hydrogen-bond acceptors (Lipinski definition) is 2. The maximum absolute atomic E-state index is 12.6. The molecule has 1 aliphatic heterocycles. The van der Waals surface area contributed by atoms with Crippen LogP contribution in [0, 0.1) is 0 Å². The Morgan fingerprint density at radius 1 is 1.47 bits per heavy atom. The minimum atomic E-state index is -4.36. The topological polar surface area (TPSA) is 29.9 Å². The Kier molecular flexibility index (Phi) is 3.16. The van der Waals surface area contributed by atoms with Crippen LogP contribution in [0.5, 0.6) is 0 Å². The molecule has 1 aliphatic rings. The van der Waals surface area contributed by atoms with Crippen molar-refractivity contribution >= 4 is 0 Å². The number of rotatable bonds is 2. The summed E-state index contributed by atoms with van der Waals surface area (Å²) in [6.07, 6.45) is -3.53. The van der Waals surface area contributed by atoms with Gasteiger partial charge in [0, 0.05) is 12.2 Å². The van der Waals surface area contributed by atoms with E-state index in [4.69, 9.17) is 0 Å². The Labute approximate surface area is 98.0 Å². The average molecular weight is 247 g/mol. The summed E-state index contributed by atoms with van der Waals surface area (Å²) in [5, 5.41) is 6.88. The van der Waals surface area contributed by atoms with Crippen molar-refractivity contribution in [1.29, 1.82) is 0 Å².